The number of rotatable bonds is 2. The number of H-pyrrole nitrogens is 1. The van der Waals surface area contributed by atoms with Gasteiger partial charge in [0.1, 0.15) is 16.3 Å². The molecule has 124 valence electrons. The van der Waals surface area contributed by atoms with E-state index in [2.05, 4.69) is 10.3 Å². The fraction of sp³-hybridized carbons (Fsp3) is 0. The van der Waals surface area contributed by atoms with E-state index in [4.69, 9.17) is 12.2 Å². The zero-order valence-corrected chi connectivity index (χ0v) is 14.2. The SMILES string of the molecule is O=C(Nc1cccc(F)c1)c1sc(=S)n2c1[nH]c(=O)c1ccccc12. The third-order valence-electron chi connectivity index (χ3n) is 3.72. The molecule has 0 radical (unpaired) electrons. The first-order chi connectivity index (χ1) is 12.0. The Morgan fingerprint density at radius 1 is 1.20 bits per heavy atom. The van der Waals surface area contributed by atoms with Gasteiger partial charge in [0.25, 0.3) is 11.5 Å². The second-order valence-corrected chi connectivity index (χ2v) is 6.96. The summed E-state index contributed by atoms with van der Waals surface area (Å²) in [5.41, 5.74) is 0.980. The number of thiazole rings is 1. The highest BCUT2D eigenvalue weighted by Gasteiger charge is 2.18. The van der Waals surface area contributed by atoms with Crippen molar-refractivity contribution in [2.45, 2.75) is 0 Å². The topological polar surface area (TPSA) is 66.4 Å². The van der Waals surface area contributed by atoms with E-state index in [-0.39, 0.29) is 10.4 Å². The number of hydrogen-bond donors (Lipinski definition) is 2. The molecule has 0 fully saturated rings. The van der Waals surface area contributed by atoms with E-state index in [9.17, 15) is 14.0 Å². The summed E-state index contributed by atoms with van der Waals surface area (Å²) in [5, 5.41) is 3.11. The fourth-order valence-electron chi connectivity index (χ4n) is 2.65. The van der Waals surface area contributed by atoms with E-state index >= 15 is 0 Å². The molecule has 2 aromatic carbocycles. The number of benzene rings is 2. The van der Waals surface area contributed by atoms with E-state index in [0.29, 0.717) is 26.2 Å². The van der Waals surface area contributed by atoms with Gasteiger partial charge >= 0.3 is 0 Å². The molecule has 0 saturated heterocycles. The van der Waals surface area contributed by atoms with Gasteiger partial charge in [0.2, 0.25) is 0 Å². The Hall–Kier alpha value is -2.84. The summed E-state index contributed by atoms with van der Waals surface area (Å²) in [7, 11) is 0. The van der Waals surface area contributed by atoms with Gasteiger partial charge in [-0.15, -0.1) is 0 Å². The number of nitrogens with one attached hydrogen (secondary N) is 2. The van der Waals surface area contributed by atoms with Crippen molar-refractivity contribution in [2.24, 2.45) is 0 Å². The molecule has 0 aliphatic carbocycles. The van der Waals surface area contributed by atoms with Crippen LogP contribution in [0.2, 0.25) is 0 Å². The number of fused-ring (bicyclic) bond motifs is 3. The molecule has 8 heteroatoms. The highest BCUT2D eigenvalue weighted by Crippen LogP contribution is 2.23. The maximum absolute atomic E-state index is 13.3. The van der Waals surface area contributed by atoms with Gasteiger partial charge in [0.15, 0.2) is 3.95 Å². The number of aromatic nitrogens is 2. The van der Waals surface area contributed by atoms with Crippen molar-refractivity contribution in [1.82, 2.24) is 9.38 Å². The summed E-state index contributed by atoms with van der Waals surface area (Å²) in [5.74, 6) is -0.915. The average molecular weight is 371 g/mol. The van der Waals surface area contributed by atoms with Crippen LogP contribution >= 0.6 is 23.6 Å². The molecule has 4 rings (SSSR count). The molecule has 2 aromatic heterocycles. The van der Waals surface area contributed by atoms with Crippen LogP contribution < -0.4 is 10.9 Å². The van der Waals surface area contributed by atoms with Crippen molar-refractivity contribution in [3.05, 3.63) is 73.5 Å². The van der Waals surface area contributed by atoms with Gasteiger partial charge in [-0.1, -0.05) is 29.5 Å². The lowest BCUT2D eigenvalue weighted by Crippen LogP contribution is -2.15. The summed E-state index contributed by atoms with van der Waals surface area (Å²) in [6.07, 6.45) is 0. The van der Waals surface area contributed by atoms with Crippen LogP contribution in [0.3, 0.4) is 0 Å². The molecule has 0 aliphatic rings. The lowest BCUT2D eigenvalue weighted by Gasteiger charge is -2.05. The standard InChI is InChI=1S/C17H10FN3O2S2/c18-9-4-3-5-10(8-9)19-16(23)13-14-20-15(22)11-6-1-2-7-12(11)21(14)17(24)25-13/h1-8H,(H,19,23)(H,20,22). The monoisotopic (exact) mass is 371 g/mol. The Kier molecular flexibility index (Phi) is 3.70. The molecule has 2 N–H and O–H groups in total. The lowest BCUT2D eigenvalue weighted by molar-refractivity contribution is 0.103. The third-order valence-corrected chi connectivity index (χ3v) is 5.09. The minimum Gasteiger partial charge on any atom is -0.321 e. The Labute approximate surface area is 149 Å². The minimum atomic E-state index is -0.463. The molecule has 0 spiro atoms. The fourth-order valence-corrected chi connectivity index (χ4v) is 3.93. The first-order valence-electron chi connectivity index (χ1n) is 7.28. The van der Waals surface area contributed by atoms with Gasteiger partial charge in [0, 0.05) is 5.69 Å². The zero-order chi connectivity index (χ0) is 17.6. The number of aromatic amines is 1. The molecule has 0 saturated carbocycles. The van der Waals surface area contributed by atoms with Gasteiger partial charge in [-0.3, -0.25) is 14.0 Å². The van der Waals surface area contributed by atoms with Crippen LogP contribution in [0, 0.1) is 9.77 Å². The summed E-state index contributed by atoms with van der Waals surface area (Å²) in [6.45, 7) is 0. The highest BCUT2D eigenvalue weighted by atomic mass is 32.1. The van der Waals surface area contributed by atoms with Crippen LogP contribution in [0.15, 0.2) is 53.3 Å². The zero-order valence-electron chi connectivity index (χ0n) is 12.6. The molecular formula is C17H10FN3O2S2. The first-order valence-corrected chi connectivity index (χ1v) is 8.50. The summed E-state index contributed by atoms with van der Waals surface area (Å²) >= 11 is 6.45. The highest BCUT2D eigenvalue weighted by molar-refractivity contribution is 7.73. The molecule has 0 atom stereocenters. The van der Waals surface area contributed by atoms with Crippen molar-refractivity contribution in [1.29, 1.82) is 0 Å². The van der Waals surface area contributed by atoms with Gasteiger partial charge in [-0.25, -0.2) is 4.39 Å². The van der Waals surface area contributed by atoms with Crippen molar-refractivity contribution in [2.75, 3.05) is 5.32 Å². The molecule has 0 unspecified atom stereocenters. The number of anilines is 1. The number of amides is 1. The van der Waals surface area contributed by atoms with Gasteiger partial charge in [-0.2, -0.15) is 0 Å². The van der Waals surface area contributed by atoms with E-state index < -0.39 is 11.7 Å². The lowest BCUT2D eigenvalue weighted by atomic mass is 10.2. The van der Waals surface area contributed by atoms with Crippen molar-refractivity contribution >= 4 is 51.7 Å². The number of hydrogen-bond acceptors (Lipinski definition) is 4. The van der Waals surface area contributed by atoms with E-state index in [1.54, 1.807) is 34.7 Å². The number of carbonyl (C=O) groups excluding carboxylic acids is 1. The third kappa shape index (κ3) is 2.65. The quantitative estimate of drug-likeness (QED) is 0.524. The molecule has 2 heterocycles. The minimum absolute atomic E-state index is 0.261. The molecule has 0 bridgehead atoms. The van der Waals surface area contributed by atoms with Crippen LogP contribution in [0.1, 0.15) is 9.67 Å². The second kappa shape index (κ2) is 5.91. The van der Waals surface area contributed by atoms with Crippen molar-refractivity contribution in [3.8, 4) is 0 Å². The predicted octanol–water partition coefficient (Wildman–Crippen LogP) is 3.96. The Balaban J connectivity index is 1.90. The van der Waals surface area contributed by atoms with Crippen LogP contribution in [-0.4, -0.2) is 15.3 Å². The largest absolute Gasteiger partial charge is 0.321 e. The summed E-state index contributed by atoms with van der Waals surface area (Å²) in [4.78, 5) is 27.9. The predicted molar refractivity (Wildman–Crippen MR) is 98.6 cm³/mol. The van der Waals surface area contributed by atoms with E-state index in [0.717, 1.165) is 11.3 Å². The van der Waals surface area contributed by atoms with Gasteiger partial charge in [0.05, 0.1) is 10.9 Å². The Morgan fingerprint density at radius 2 is 2.00 bits per heavy atom. The Morgan fingerprint density at radius 3 is 2.80 bits per heavy atom. The summed E-state index contributed by atoms with van der Waals surface area (Å²) in [6, 6.07) is 12.6. The van der Waals surface area contributed by atoms with E-state index in [1.807, 2.05) is 0 Å². The maximum Gasteiger partial charge on any atom is 0.269 e. The molecule has 5 nitrogen and oxygen atoms in total. The van der Waals surface area contributed by atoms with Crippen LogP contribution in [0.5, 0.6) is 0 Å². The summed E-state index contributed by atoms with van der Waals surface area (Å²) < 4.78 is 15.4. The smallest absolute Gasteiger partial charge is 0.269 e. The van der Waals surface area contributed by atoms with Crippen molar-refractivity contribution < 1.29 is 9.18 Å². The normalized spacial score (nSPS) is 11.1. The van der Waals surface area contributed by atoms with Crippen LogP contribution in [-0.2, 0) is 0 Å². The first kappa shape index (κ1) is 15.7. The number of para-hydroxylation sites is 1. The van der Waals surface area contributed by atoms with Crippen molar-refractivity contribution in [3.63, 3.8) is 0 Å². The number of halogens is 1. The van der Waals surface area contributed by atoms with Gasteiger partial charge in [-0.05, 0) is 42.5 Å². The molecular weight excluding hydrogens is 361 g/mol. The maximum atomic E-state index is 13.3. The molecule has 1 amide bonds. The number of nitrogens with zero attached hydrogens (tertiary/aromatic N) is 1. The average Bonchev–Trinajstić information content (AvgIpc) is 2.92. The molecule has 4 aromatic rings. The van der Waals surface area contributed by atoms with Crippen LogP contribution in [0.25, 0.3) is 16.6 Å². The number of carbonyl (C=O) groups is 1. The van der Waals surface area contributed by atoms with Crippen LogP contribution in [0.4, 0.5) is 10.1 Å². The molecule has 0 aliphatic heterocycles. The second-order valence-electron chi connectivity index (χ2n) is 5.32. The van der Waals surface area contributed by atoms with Gasteiger partial charge < -0.3 is 10.3 Å². The molecule has 25 heavy (non-hydrogen) atoms. The van der Waals surface area contributed by atoms with E-state index in [1.165, 1.54) is 18.2 Å². The Bertz CT molecular complexity index is 1260.